The Morgan fingerprint density at radius 2 is 2.22 bits per heavy atom. The van der Waals surface area contributed by atoms with E-state index in [-0.39, 0.29) is 18.0 Å². The van der Waals surface area contributed by atoms with Gasteiger partial charge in [-0.3, -0.25) is 14.7 Å². The normalized spacial score (nSPS) is 35.5. The fourth-order valence-electron chi connectivity index (χ4n) is 4.29. The molecule has 2 saturated heterocycles. The van der Waals surface area contributed by atoms with E-state index in [9.17, 15) is 4.79 Å². The lowest BCUT2D eigenvalue weighted by molar-refractivity contribution is -0.129. The number of fused-ring (bicyclic) bond motifs is 2. The summed E-state index contributed by atoms with van der Waals surface area (Å²) in [6.07, 6.45) is 8.15. The van der Waals surface area contributed by atoms with Crippen LogP contribution in [0.5, 0.6) is 0 Å². The largest absolute Gasteiger partial charge is 0.350 e. The van der Waals surface area contributed by atoms with Crippen molar-refractivity contribution in [1.82, 2.24) is 15.1 Å². The van der Waals surface area contributed by atoms with E-state index in [4.69, 9.17) is 0 Å². The van der Waals surface area contributed by atoms with Gasteiger partial charge in [-0.2, -0.15) is 0 Å². The van der Waals surface area contributed by atoms with E-state index in [0.717, 1.165) is 31.9 Å². The minimum absolute atomic E-state index is 0.0899. The van der Waals surface area contributed by atoms with E-state index >= 15 is 0 Å². The van der Waals surface area contributed by atoms with Crippen LogP contribution in [0.15, 0.2) is 34.4 Å². The molecular weight excluding hydrogens is 290 g/mol. The lowest BCUT2D eigenvalue weighted by Gasteiger charge is -2.41. The summed E-state index contributed by atoms with van der Waals surface area (Å²) < 4.78 is 0. The lowest BCUT2D eigenvalue weighted by Crippen LogP contribution is -2.54. The summed E-state index contributed by atoms with van der Waals surface area (Å²) >= 11 is 0. The van der Waals surface area contributed by atoms with Crippen molar-refractivity contribution < 1.29 is 4.79 Å². The smallest absolute Gasteiger partial charge is 0.248 e. The maximum absolute atomic E-state index is 12.3. The number of rotatable bonds is 2. The SMILES string of the molecule is C=C(C)C(=O)N1CCC2CCN(C3N=CN=C4NC=CC43)C2C1. The Morgan fingerprint density at radius 3 is 3.04 bits per heavy atom. The van der Waals surface area contributed by atoms with Gasteiger partial charge >= 0.3 is 0 Å². The molecule has 0 aliphatic carbocycles. The van der Waals surface area contributed by atoms with Gasteiger partial charge in [0.25, 0.3) is 0 Å². The molecule has 1 amide bonds. The molecule has 0 aromatic heterocycles. The number of carbonyl (C=O) groups is 1. The first-order chi connectivity index (χ1) is 11.1. The van der Waals surface area contributed by atoms with E-state index < -0.39 is 0 Å². The molecule has 4 heterocycles. The van der Waals surface area contributed by atoms with Crippen molar-refractivity contribution in [2.24, 2.45) is 21.8 Å². The first-order valence-electron chi connectivity index (χ1n) is 8.38. The van der Waals surface area contributed by atoms with Crippen LogP contribution in [0.25, 0.3) is 0 Å². The topological polar surface area (TPSA) is 60.3 Å². The number of amides is 1. The van der Waals surface area contributed by atoms with E-state index in [1.165, 1.54) is 6.42 Å². The van der Waals surface area contributed by atoms with E-state index in [0.29, 0.717) is 17.5 Å². The van der Waals surface area contributed by atoms with Gasteiger partial charge in [-0.1, -0.05) is 12.7 Å². The molecule has 0 saturated carbocycles. The van der Waals surface area contributed by atoms with Gasteiger partial charge in [-0.05, 0) is 31.9 Å². The summed E-state index contributed by atoms with van der Waals surface area (Å²) in [5.74, 6) is 1.96. The van der Waals surface area contributed by atoms with Crippen molar-refractivity contribution in [3.8, 4) is 0 Å². The van der Waals surface area contributed by atoms with Crippen LogP contribution in [-0.4, -0.2) is 59.7 Å². The second-order valence-electron chi connectivity index (χ2n) is 6.90. The fourth-order valence-corrected chi connectivity index (χ4v) is 4.29. The van der Waals surface area contributed by atoms with Crippen LogP contribution in [-0.2, 0) is 4.79 Å². The molecule has 23 heavy (non-hydrogen) atoms. The Bertz CT molecular complexity index is 622. The van der Waals surface area contributed by atoms with Gasteiger partial charge in [0.2, 0.25) is 5.91 Å². The number of hydrogen-bond donors (Lipinski definition) is 1. The molecule has 4 aliphatic heterocycles. The maximum Gasteiger partial charge on any atom is 0.248 e. The molecule has 2 fully saturated rings. The van der Waals surface area contributed by atoms with Crippen molar-refractivity contribution in [1.29, 1.82) is 0 Å². The van der Waals surface area contributed by atoms with Crippen LogP contribution >= 0.6 is 0 Å². The number of nitrogens with zero attached hydrogens (tertiary/aromatic N) is 4. The molecule has 4 unspecified atom stereocenters. The third-order valence-electron chi connectivity index (χ3n) is 5.49. The number of amidine groups is 1. The molecule has 0 radical (unpaired) electrons. The number of carbonyl (C=O) groups excluding carboxylic acids is 1. The van der Waals surface area contributed by atoms with Gasteiger partial charge < -0.3 is 10.2 Å². The standard InChI is InChI=1S/C17H23N5O/c1-11(2)17(23)21-7-4-12-5-8-22(14(12)9-21)16-13-3-6-18-15(13)19-10-20-16/h3,6,10,12-14,16H,1,4-5,7-9H2,2H3,(H,18,19,20). The van der Waals surface area contributed by atoms with Crippen LogP contribution < -0.4 is 5.32 Å². The first-order valence-corrected chi connectivity index (χ1v) is 8.38. The lowest BCUT2D eigenvalue weighted by atomic mass is 9.91. The van der Waals surface area contributed by atoms with Gasteiger partial charge in [0.05, 0.1) is 5.92 Å². The number of nitrogens with one attached hydrogen (secondary N) is 1. The van der Waals surface area contributed by atoms with Crippen LogP contribution in [0.1, 0.15) is 19.8 Å². The number of aliphatic imine (C=N–C) groups is 2. The van der Waals surface area contributed by atoms with E-state index in [1.807, 2.05) is 11.1 Å². The van der Waals surface area contributed by atoms with Gasteiger partial charge in [-0.15, -0.1) is 0 Å². The molecule has 0 aromatic carbocycles. The summed E-state index contributed by atoms with van der Waals surface area (Å²) in [4.78, 5) is 25.7. The summed E-state index contributed by atoms with van der Waals surface area (Å²) in [7, 11) is 0. The number of hydrogen-bond acceptors (Lipinski definition) is 5. The zero-order chi connectivity index (χ0) is 16.0. The Balaban J connectivity index is 1.53. The highest BCUT2D eigenvalue weighted by molar-refractivity contribution is 5.96. The molecule has 6 heteroatoms. The fraction of sp³-hybridized carbons (Fsp3) is 0.588. The van der Waals surface area contributed by atoms with Crippen molar-refractivity contribution in [2.45, 2.75) is 32.0 Å². The van der Waals surface area contributed by atoms with Gasteiger partial charge in [0.15, 0.2) is 0 Å². The molecule has 122 valence electrons. The highest BCUT2D eigenvalue weighted by Crippen LogP contribution is 2.36. The molecule has 4 aliphatic rings. The van der Waals surface area contributed by atoms with Crippen LogP contribution in [0.4, 0.5) is 0 Å². The summed E-state index contributed by atoms with van der Waals surface area (Å²) in [5.41, 5.74) is 0.626. The van der Waals surface area contributed by atoms with Crippen molar-refractivity contribution in [3.05, 3.63) is 24.4 Å². The first kappa shape index (κ1) is 14.6. The van der Waals surface area contributed by atoms with E-state index in [1.54, 1.807) is 13.3 Å². The predicted octanol–water partition coefficient (Wildman–Crippen LogP) is 0.985. The Morgan fingerprint density at radius 1 is 1.39 bits per heavy atom. The maximum atomic E-state index is 12.3. The Labute approximate surface area is 136 Å². The zero-order valence-corrected chi connectivity index (χ0v) is 13.5. The summed E-state index contributed by atoms with van der Waals surface area (Å²) in [6, 6.07) is 0.391. The van der Waals surface area contributed by atoms with Crippen LogP contribution in [0, 0.1) is 11.8 Å². The van der Waals surface area contributed by atoms with E-state index in [2.05, 4.69) is 32.9 Å². The van der Waals surface area contributed by atoms with Crippen LogP contribution in [0.2, 0.25) is 0 Å². The van der Waals surface area contributed by atoms with Gasteiger partial charge in [-0.25, -0.2) is 4.99 Å². The summed E-state index contributed by atoms with van der Waals surface area (Å²) in [6.45, 7) is 8.29. The summed E-state index contributed by atoms with van der Waals surface area (Å²) in [5, 5.41) is 3.20. The second kappa shape index (κ2) is 5.60. The predicted molar refractivity (Wildman–Crippen MR) is 90.1 cm³/mol. The van der Waals surface area contributed by atoms with Crippen molar-refractivity contribution in [2.75, 3.05) is 19.6 Å². The van der Waals surface area contributed by atoms with Crippen LogP contribution in [0.3, 0.4) is 0 Å². The average molecular weight is 313 g/mol. The molecule has 1 N–H and O–H groups in total. The zero-order valence-electron chi connectivity index (χ0n) is 13.5. The Kier molecular flexibility index (Phi) is 3.56. The second-order valence-corrected chi connectivity index (χ2v) is 6.90. The minimum Gasteiger partial charge on any atom is -0.350 e. The third-order valence-corrected chi connectivity index (χ3v) is 5.49. The van der Waals surface area contributed by atoms with Crippen molar-refractivity contribution in [3.63, 3.8) is 0 Å². The highest BCUT2D eigenvalue weighted by Gasteiger charge is 2.45. The molecule has 0 bridgehead atoms. The minimum atomic E-state index is 0.0899. The molecule has 0 spiro atoms. The number of piperidine rings is 1. The molecule has 4 rings (SSSR count). The molecule has 6 nitrogen and oxygen atoms in total. The Hall–Kier alpha value is -1.95. The monoisotopic (exact) mass is 313 g/mol. The average Bonchev–Trinajstić information content (AvgIpc) is 3.19. The quantitative estimate of drug-likeness (QED) is 0.773. The van der Waals surface area contributed by atoms with Crippen molar-refractivity contribution >= 4 is 18.1 Å². The molecule has 0 aromatic rings. The van der Waals surface area contributed by atoms with Gasteiger partial charge in [0.1, 0.15) is 18.3 Å². The third kappa shape index (κ3) is 2.41. The van der Waals surface area contributed by atoms with Gasteiger partial charge in [0, 0.05) is 31.2 Å². The molecular formula is C17H23N5O. The highest BCUT2D eigenvalue weighted by atomic mass is 16.2. The number of likely N-dealkylation sites (tertiary alicyclic amines) is 2. The molecule has 4 atom stereocenters.